The minimum Gasteiger partial charge on any atom is -0.452 e. The summed E-state index contributed by atoms with van der Waals surface area (Å²) in [7, 11) is 0. The number of halogens is 1. The Balaban J connectivity index is 3.27. The lowest BCUT2D eigenvalue weighted by molar-refractivity contribution is -0.144. The van der Waals surface area contributed by atoms with Crippen LogP contribution in [-0.4, -0.2) is 10.1 Å². The van der Waals surface area contributed by atoms with Gasteiger partial charge in [0.15, 0.2) is 4.11 Å². The van der Waals surface area contributed by atoms with E-state index in [0.29, 0.717) is 6.42 Å². The lowest BCUT2D eigenvalue weighted by atomic mass is 10.0. The summed E-state index contributed by atoms with van der Waals surface area (Å²) in [6.45, 7) is 4.58. The fourth-order valence-corrected chi connectivity index (χ4v) is 6.30. The zero-order valence-corrected chi connectivity index (χ0v) is 29.1. The first-order valence-electron chi connectivity index (χ1n) is 18.0. The summed E-state index contributed by atoms with van der Waals surface area (Å²) in [5.41, 5.74) is 0. The fourth-order valence-electron chi connectivity index (χ4n) is 5.58. The molecule has 0 saturated carbocycles. The van der Waals surface area contributed by atoms with Crippen LogP contribution in [0.3, 0.4) is 0 Å². The fraction of sp³-hybridized carbons (Fsp3) is 0.972. The van der Waals surface area contributed by atoms with Gasteiger partial charge in [-0.3, -0.25) is 4.79 Å². The van der Waals surface area contributed by atoms with Crippen molar-refractivity contribution in [1.29, 1.82) is 0 Å². The number of carbonyl (C=O) groups excluding carboxylic acids is 1. The molecule has 1 atom stereocenters. The standard InChI is InChI=1S/C36H71IO2/c1-3-5-7-9-11-13-15-17-19-21-23-25-27-29-31-33-35(37)39-36(38)34-32-30-28-26-24-22-20-18-16-14-12-10-8-6-4-2/h35H,3-34H2,1-2H3. The smallest absolute Gasteiger partial charge is 0.306 e. The molecule has 234 valence electrons. The predicted molar refractivity (Wildman–Crippen MR) is 183 cm³/mol. The Morgan fingerprint density at radius 3 is 1.00 bits per heavy atom. The third kappa shape index (κ3) is 34.3. The molecule has 0 heterocycles. The molecule has 0 N–H and O–H groups in total. The molecule has 0 spiro atoms. The quantitative estimate of drug-likeness (QED) is 0.0303. The number of alkyl halides is 1. The predicted octanol–water partition coefficient (Wildman–Crippen LogP) is 13.8. The maximum atomic E-state index is 12.1. The Labute approximate surface area is 260 Å². The number of hydrogen-bond acceptors (Lipinski definition) is 2. The van der Waals surface area contributed by atoms with Crippen LogP contribution in [0.4, 0.5) is 0 Å². The minimum absolute atomic E-state index is 0.0186. The van der Waals surface area contributed by atoms with Crippen molar-refractivity contribution < 1.29 is 9.53 Å². The molecular weight excluding hydrogens is 591 g/mol. The minimum atomic E-state index is 0.0186. The van der Waals surface area contributed by atoms with Gasteiger partial charge in [-0.05, 0) is 41.9 Å². The maximum absolute atomic E-state index is 12.1. The van der Waals surface area contributed by atoms with Crippen LogP contribution in [0.1, 0.15) is 219 Å². The largest absolute Gasteiger partial charge is 0.452 e. The number of hydrogen-bond donors (Lipinski definition) is 0. The molecule has 1 unspecified atom stereocenters. The van der Waals surface area contributed by atoms with Gasteiger partial charge in [-0.15, -0.1) is 0 Å². The number of ether oxygens (including phenoxy) is 1. The molecule has 0 fully saturated rings. The zero-order chi connectivity index (χ0) is 28.5. The molecule has 3 heteroatoms. The Bertz CT molecular complexity index is 467. The molecule has 0 radical (unpaired) electrons. The molecular formula is C36H71IO2. The van der Waals surface area contributed by atoms with Crippen molar-refractivity contribution in [3.05, 3.63) is 0 Å². The van der Waals surface area contributed by atoms with E-state index in [1.54, 1.807) is 0 Å². The van der Waals surface area contributed by atoms with Crippen LogP contribution in [0.2, 0.25) is 0 Å². The highest BCUT2D eigenvalue weighted by atomic mass is 127. The Morgan fingerprint density at radius 1 is 0.436 bits per heavy atom. The van der Waals surface area contributed by atoms with Gasteiger partial charge >= 0.3 is 5.97 Å². The van der Waals surface area contributed by atoms with Gasteiger partial charge in [0.05, 0.1) is 0 Å². The highest BCUT2D eigenvalue weighted by Crippen LogP contribution is 2.18. The second-order valence-corrected chi connectivity index (χ2v) is 13.7. The molecule has 0 amide bonds. The first-order chi connectivity index (χ1) is 19.2. The average Bonchev–Trinajstić information content (AvgIpc) is 2.93. The van der Waals surface area contributed by atoms with Crippen molar-refractivity contribution >= 4 is 28.6 Å². The molecule has 2 nitrogen and oxygen atoms in total. The average molecular weight is 663 g/mol. The molecule has 0 saturated heterocycles. The van der Waals surface area contributed by atoms with Gasteiger partial charge < -0.3 is 4.74 Å². The summed E-state index contributed by atoms with van der Waals surface area (Å²) >= 11 is 2.32. The summed E-state index contributed by atoms with van der Waals surface area (Å²) in [5, 5.41) is 0. The van der Waals surface area contributed by atoms with E-state index in [1.165, 1.54) is 186 Å². The van der Waals surface area contributed by atoms with E-state index in [4.69, 9.17) is 4.74 Å². The summed E-state index contributed by atoms with van der Waals surface area (Å²) in [5.74, 6) is 0.0186. The van der Waals surface area contributed by atoms with Gasteiger partial charge in [-0.1, -0.05) is 194 Å². The molecule has 0 aliphatic rings. The highest BCUT2D eigenvalue weighted by molar-refractivity contribution is 14.1. The molecule has 39 heavy (non-hydrogen) atoms. The summed E-state index contributed by atoms with van der Waals surface area (Å²) in [6, 6.07) is 0. The number of rotatable bonds is 33. The number of unbranched alkanes of at least 4 members (excludes halogenated alkanes) is 28. The lowest BCUT2D eigenvalue weighted by Crippen LogP contribution is -2.11. The monoisotopic (exact) mass is 662 g/mol. The van der Waals surface area contributed by atoms with Crippen molar-refractivity contribution in [2.24, 2.45) is 0 Å². The van der Waals surface area contributed by atoms with Gasteiger partial charge in [0, 0.05) is 6.42 Å². The van der Waals surface area contributed by atoms with Crippen LogP contribution in [-0.2, 0) is 9.53 Å². The van der Waals surface area contributed by atoms with Crippen LogP contribution < -0.4 is 0 Å². The van der Waals surface area contributed by atoms with Gasteiger partial charge in [0.1, 0.15) is 0 Å². The van der Waals surface area contributed by atoms with E-state index < -0.39 is 0 Å². The van der Waals surface area contributed by atoms with E-state index in [2.05, 4.69) is 36.4 Å². The normalized spacial score (nSPS) is 12.2. The number of esters is 1. The van der Waals surface area contributed by atoms with Crippen molar-refractivity contribution in [1.82, 2.24) is 0 Å². The van der Waals surface area contributed by atoms with Crippen molar-refractivity contribution in [3.63, 3.8) is 0 Å². The van der Waals surface area contributed by atoms with E-state index >= 15 is 0 Å². The van der Waals surface area contributed by atoms with Crippen LogP contribution >= 0.6 is 22.6 Å². The molecule has 0 bridgehead atoms. The summed E-state index contributed by atoms with van der Waals surface area (Å²) in [6.07, 6.45) is 42.9. The van der Waals surface area contributed by atoms with Crippen LogP contribution in [0.25, 0.3) is 0 Å². The van der Waals surface area contributed by atoms with Gasteiger partial charge in [-0.2, -0.15) is 0 Å². The van der Waals surface area contributed by atoms with Crippen molar-refractivity contribution in [3.8, 4) is 0 Å². The molecule has 0 rings (SSSR count). The van der Waals surface area contributed by atoms with Crippen molar-refractivity contribution in [2.45, 2.75) is 223 Å². The second-order valence-electron chi connectivity index (χ2n) is 12.3. The summed E-state index contributed by atoms with van der Waals surface area (Å²) in [4.78, 5) is 12.1. The third-order valence-electron chi connectivity index (χ3n) is 8.28. The molecule has 0 aliphatic carbocycles. The molecule has 0 aromatic heterocycles. The van der Waals surface area contributed by atoms with Crippen LogP contribution in [0, 0.1) is 0 Å². The Hall–Kier alpha value is 0.200. The third-order valence-corrected chi connectivity index (χ3v) is 9.16. The van der Waals surface area contributed by atoms with E-state index in [0.717, 1.165) is 12.8 Å². The van der Waals surface area contributed by atoms with Gasteiger partial charge in [0.25, 0.3) is 0 Å². The summed E-state index contributed by atoms with van der Waals surface area (Å²) < 4.78 is 5.70. The van der Waals surface area contributed by atoms with E-state index in [-0.39, 0.29) is 10.1 Å². The SMILES string of the molecule is CCCCCCCCCCCCCCCCCC(=O)OC(I)CCCCCCCCCCCCCCCCC. The van der Waals surface area contributed by atoms with Crippen LogP contribution in [0.5, 0.6) is 0 Å². The highest BCUT2D eigenvalue weighted by Gasteiger charge is 2.10. The van der Waals surface area contributed by atoms with Gasteiger partial charge in [0.2, 0.25) is 0 Å². The Morgan fingerprint density at radius 2 is 0.692 bits per heavy atom. The maximum Gasteiger partial charge on any atom is 0.306 e. The second kappa shape index (κ2) is 34.4. The van der Waals surface area contributed by atoms with Crippen LogP contribution in [0.15, 0.2) is 0 Å². The molecule has 0 aromatic carbocycles. The topological polar surface area (TPSA) is 26.3 Å². The van der Waals surface area contributed by atoms with E-state index in [9.17, 15) is 4.79 Å². The number of carbonyl (C=O) groups is 1. The molecule has 0 aromatic rings. The van der Waals surface area contributed by atoms with E-state index in [1.807, 2.05) is 0 Å². The lowest BCUT2D eigenvalue weighted by Gasteiger charge is -2.11. The van der Waals surface area contributed by atoms with Gasteiger partial charge in [-0.25, -0.2) is 0 Å². The Kier molecular flexibility index (Phi) is 34.6. The first-order valence-corrected chi connectivity index (χ1v) is 19.3. The molecule has 0 aliphatic heterocycles. The first kappa shape index (κ1) is 39.2. The zero-order valence-electron chi connectivity index (χ0n) is 26.9. The van der Waals surface area contributed by atoms with Crippen molar-refractivity contribution in [2.75, 3.05) is 0 Å².